The van der Waals surface area contributed by atoms with E-state index in [0.717, 1.165) is 0 Å². The van der Waals surface area contributed by atoms with Crippen molar-refractivity contribution in [3.8, 4) is 5.75 Å². The molecule has 0 atom stereocenters. The molecule has 1 aromatic rings. The summed E-state index contributed by atoms with van der Waals surface area (Å²) in [7, 11) is 1.42. The van der Waals surface area contributed by atoms with E-state index >= 15 is 0 Å². The molecule has 1 rings (SSSR count). The Balaban J connectivity index is 2.64. The highest BCUT2D eigenvalue weighted by Crippen LogP contribution is 2.12. The zero-order valence-corrected chi connectivity index (χ0v) is 8.65. The molecule has 4 heteroatoms. The van der Waals surface area contributed by atoms with Crippen LogP contribution in [0.1, 0.15) is 17.3 Å². The highest BCUT2D eigenvalue weighted by Gasteiger charge is 2.04. The first-order valence-electron chi connectivity index (χ1n) is 4.44. The smallest absolute Gasteiger partial charge is 0.337 e. The number of ether oxygens (including phenoxy) is 2. The first-order chi connectivity index (χ1) is 7.13. The van der Waals surface area contributed by atoms with Crippen LogP contribution in [-0.4, -0.2) is 25.5 Å². The minimum Gasteiger partial charge on any atom is -0.425 e. The molecule has 0 aromatic heterocycles. The maximum absolute atomic E-state index is 11.0. The number of Topliss-reactive ketones (excluding diaryl/α,β-unsaturated/α-hetero) is 1. The fourth-order valence-electron chi connectivity index (χ4n) is 1.04. The average molecular weight is 208 g/mol. The zero-order chi connectivity index (χ0) is 11.3. The number of hydrogen-bond acceptors (Lipinski definition) is 4. The van der Waals surface area contributed by atoms with Gasteiger partial charge in [-0.25, -0.2) is 4.79 Å². The SMILES string of the molecule is COCC(=O)Oc1ccc(C(C)=O)cc1. The molecule has 0 aliphatic carbocycles. The number of hydrogen-bond donors (Lipinski definition) is 0. The third-order valence-electron chi connectivity index (χ3n) is 1.75. The second-order valence-electron chi connectivity index (χ2n) is 2.99. The van der Waals surface area contributed by atoms with Gasteiger partial charge in [0.25, 0.3) is 0 Å². The third kappa shape index (κ3) is 3.52. The van der Waals surface area contributed by atoms with Gasteiger partial charge in [0.1, 0.15) is 12.4 Å². The zero-order valence-electron chi connectivity index (χ0n) is 8.65. The molecule has 0 saturated heterocycles. The van der Waals surface area contributed by atoms with E-state index in [1.54, 1.807) is 24.3 Å². The van der Waals surface area contributed by atoms with Gasteiger partial charge >= 0.3 is 5.97 Å². The third-order valence-corrected chi connectivity index (χ3v) is 1.75. The molecule has 0 fully saturated rings. The summed E-state index contributed by atoms with van der Waals surface area (Å²) in [6, 6.07) is 6.37. The lowest BCUT2D eigenvalue weighted by molar-refractivity contribution is -0.138. The molecule has 0 heterocycles. The fourth-order valence-corrected chi connectivity index (χ4v) is 1.04. The molecule has 0 N–H and O–H groups in total. The van der Waals surface area contributed by atoms with Crippen molar-refractivity contribution in [2.45, 2.75) is 6.92 Å². The van der Waals surface area contributed by atoms with Crippen LogP contribution >= 0.6 is 0 Å². The quantitative estimate of drug-likeness (QED) is 0.427. The molecule has 0 spiro atoms. The van der Waals surface area contributed by atoms with Crippen LogP contribution in [-0.2, 0) is 9.53 Å². The van der Waals surface area contributed by atoms with Crippen LogP contribution in [0.3, 0.4) is 0 Å². The number of benzene rings is 1. The molecule has 80 valence electrons. The van der Waals surface area contributed by atoms with E-state index in [-0.39, 0.29) is 12.4 Å². The predicted octanol–water partition coefficient (Wildman–Crippen LogP) is 1.44. The van der Waals surface area contributed by atoms with Gasteiger partial charge in [0, 0.05) is 12.7 Å². The first-order valence-corrected chi connectivity index (χ1v) is 4.44. The van der Waals surface area contributed by atoms with E-state index in [1.165, 1.54) is 14.0 Å². The topological polar surface area (TPSA) is 52.6 Å². The van der Waals surface area contributed by atoms with E-state index in [0.29, 0.717) is 11.3 Å². The Morgan fingerprint density at radius 1 is 1.20 bits per heavy atom. The van der Waals surface area contributed by atoms with Gasteiger partial charge in [0.05, 0.1) is 0 Å². The number of rotatable bonds is 4. The average Bonchev–Trinajstić information content (AvgIpc) is 2.18. The van der Waals surface area contributed by atoms with Gasteiger partial charge in [-0.15, -0.1) is 0 Å². The Morgan fingerprint density at radius 2 is 1.80 bits per heavy atom. The van der Waals surface area contributed by atoms with Gasteiger partial charge in [-0.05, 0) is 31.2 Å². The molecule has 4 nitrogen and oxygen atoms in total. The molecule has 0 radical (unpaired) electrons. The standard InChI is InChI=1S/C11H12O4/c1-8(12)9-3-5-10(6-4-9)15-11(13)7-14-2/h3-6H,7H2,1-2H3. The molecular weight excluding hydrogens is 196 g/mol. The number of esters is 1. The molecule has 0 unspecified atom stereocenters. The van der Waals surface area contributed by atoms with Gasteiger partial charge in [-0.2, -0.15) is 0 Å². The highest BCUT2D eigenvalue weighted by atomic mass is 16.6. The van der Waals surface area contributed by atoms with E-state index in [9.17, 15) is 9.59 Å². The first kappa shape index (κ1) is 11.4. The number of ketones is 1. The molecule has 0 bridgehead atoms. The van der Waals surface area contributed by atoms with E-state index in [1.807, 2.05) is 0 Å². The Morgan fingerprint density at radius 3 is 2.27 bits per heavy atom. The number of carbonyl (C=O) groups is 2. The Hall–Kier alpha value is -1.68. The largest absolute Gasteiger partial charge is 0.425 e. The van der Waals surface area contributed by atoms with Crippen molar-refractivity contribution < 1.29 is 19.1 Å². The summed E-state index contributed by atoms with van der Waals surface area (Å²) in [4.78, 5) is 22.0. The summed E-state index contributed by atoms with van der Waals surface area (Å²) in [5, 5.41) is 0. The van der Waals surface area contributed by atoms with Crippen LogP contribution in [0.5, 0.6) is 5.75 Å². The van der Waals surface area contributed by atoms with Gasteiger partial charge in [-0.3, -0.25) is 4.79 Å². The van der Waals surface area contributed by atoms with Gasteiger partial charge < -0.3 is 9.47 Å². The molecule has 1 aromatic carbocycles. The lowest BCUT2D eigenvalue weighted by atomic mass is 10.1. The Kier molecular flexibility index (Phi) is 4.00. The van der Waals surface area contributed by atoms with Crippen LogP contribution in [0.15, 0.2) is 24.3 Å². The Labute approximate surface area is 87.8 Å². The summed E-state index contributed by atoms with van der Waals surface area (Å²) >= 11 is 0. The number of methoxy groups -OCH3 is 1. The normalized spacial score (nSPS) is 9.73. The van der Waals surface area contributed by atoms with Crippen molar-refractivity contribution in [3.63, 3.8) is 0 Å². The summed E-state index contributed by atoms with van der Waals surface area (Å²) in [6.07, 6.45) is 0. The molecular formula is C11H12O4. The maximum atomic E-state index is 11.0. The highest BCUT2D eigenvalue weighted by molar-refractivity contribution is 5.94. The van der Waals surface area contributed by atoms with Crippen LogP contribution in [0.2, 0.25) is 0 Å². The van der Waals surface area contributed by atoms with Crippen molar-refractivity contribution >= 4 is 11.8 Å². The molecule has 0 amide bonds. The van der Waals surface area contributed by atoms with Crippen molar-refractivity contribution in [3.05, 3.63) is 29.8 Å². The summed E-state index contributed by atoms with van der Waals surface area (Å²) in [5.41, 5.74) is 0.585. The van der Waals surface area contributed by atoms with Gasteiger partial charge in [0.2, 0.25) is 0 Å². The Bertz CT molecular complexity index is 353. The lowest BCUT2D eigenvalue weighted by Crippen LogP contribution is -2.14. The lowest BCUT2D eigenvalue weighted by Gasteiger charge is -2.03. The molecule has 0 saturated carbocycles. The van der Waals surface area contributed by atoms with Crippen LogP contribution < -0.4 is 4.74 Å². The van der Waals surface area contributed by atoms with Crippen LogP contribution in [0.25, 0.3) is 0 Å². The van der Waals surface area contributed by atoms with Gasteiger partial charge in [-0.1, -0.05) is 0 Å². The second kappa shape index (κ2) is 5.26. The molecule has 15 heavy (non-hydrogen) atoms. The fraction of sp³-hybridized carbons (Fsp3) is 0.273. The molecule has 0 aliphatic heterocycles. The van der Waals surface area contributed by atoms with Crippen molar-refractivity contribution in [1.29, 1.82) is 0 Å². The van der Waals surface area contributed by atoms with Crippen molar-refractivity contribution in [2.75, 3.05) is 13.7 Å². The molecule has 0 aliphatic rings. The van der Waals surface area contributed by atoms with Crippen LogP contribution in [0, 0.1) is 0 Å². The van der Waals surface area contributed by atoms with E-state index in [2.05, 4.69) is 4.74 Å². The van der Waals surface area contributed by atoms with Crippen LogP contribution in [0.4, 0.5) is 0 Å². The second-order valence-corrected chi connectivity index (χ2v) is 2.99. The summed E-state index contributed by atoms with van der Waals surface area (Å²) in [5.74, 6) is -0.0834. The number of carbonyl (C=O) groups excluding carboxylic acids is 2. The summed E-state index contributed by atoms with van der Waals surface area (Å²) < 4.78 is 9.52. The monoisotopic (exact) mass is 208 g/mol. The van der Waals surface area contributed by atoms with Crippen molar-refractivity contribution in [1.82, 2.24) is 0 Å². The van der Waals surface area contributed by atoms with E-state index < -0.39 is 5.97 Å². The van der Waals surface area contributed by atoms with Gasteiger partial charge in [0.15, 0.2) is 5.78 Å². The van der Waals surface area contributed by atoms with Crippen molar-refractivity contribution in [2.24, 2.45) is 0 Å². The van der Waals surface area contributed by atoms with E-state index in [4.69, 9.17) is 4.74 Å². The minimum absolute atomic E-state index is 0.0234. The summed E-state index contributed by atoms with van der Waals surface area (Å²) in [6.45, 7) is 1.39. The predicted molar refractivity (Wildman–Crippen MR) is 54.0 cm³/mol. The minimum atomic E-state index is -0.465. The maximum Gasteiger partial charge on any atom is 0.337 e.